The van der Waals surface area contributed by atoms with Gasteiger partial charge in [-0.1, -0.05) is 11.6 Å². The van der Waals surface area contributed by atoms with E-state index in [1.165, 1.54) is 6.92 Å². The largest absolute Gasteiger partial charge is 0.487 e. The molecule has 0 aliphatic heterocycles. The van der Waals surface area contributed by atoms with Crippen LogP contribution in [0.1, 0.15) is 12.6 Å². The van der Waals surface area contributed by atoms with Crippen molar-refractivity contribution < 1.29 is 9.53 Å². The lowest BCUT2D eigenvalue weighted by Crippen LogP contribution is -2.05. The Morgan fingerprint density at radius 1 is 1.23 bits per heavy atom. The molecule has 0 radical (unpaired) electrons. The molecular weight excluding hydrogens is 302 g/mol. The third-order valence-electron chi connectivity index (χ3n) is 3.03. The lowest BCUT2D eigenvalue weighted by Gasteiger charge is -2.06. The van der Waals surface area contributed by atoms with Gasteiger partial charge in [0.15, 0.2) is 0 Å². The number of benzene rings is 1. The Hall–Kier alpha value is -2.53. The summed E-state index contributed by atoms with van der Waals surface area (Å²) in [6.45, 7) is 1.83. The summed E-state index contributed by atoms with van der Waals surface area (Å²) in [5, 5.41) is 3.36. The van der Waals surface area contributed by atoms with Crippen LogP contribution in [0, 0.1) is 0 Å². The molecule has 0 spiro atoms. The van der Waals surface area contributed by atoms with Gasteiger partial charge in [-0.25, -0.2) is 4.98 Å². The molecule has 22 heavy (non-hydrogen) atoms. The van der Waals surface area contributed by atoms with Crippen molar-refractivity contribution >= 4 is 28.8 Å². The summed E-state index contributed by atoms with van der Waals surface area (Å²) >= 11 is 5.94. The number of aromatic nitrogens is 2. The van der Waals surface area contributed by atoms with Crippen LogP contribution in [-0.4, -0.2) is 15.3 Å². The molecule has 0 fully saturated rings. The molecule has 5 nitrogen and oxygen atoms in total. The first-order chi connectivity index (χ1) is 10.6. The Balaban J connectivity index is 1.67. The van der Waals surface area contributed by atoms with Crippen LogP contribution in [0.15, 0.2) is 48.8 Å². The molecule has 0 unspecified atom stereocenters. The number of pyridine rings is 1. The van der Waals surface area contributed by atoms with Gasteiger partial charge in [0, 0.05) is 25.0 Å². The van der Waals surface area contributed by atoms with Crippen molar-refractivity contribution in [2.75, 3.05) is 5.32 Å². The number of carbonyl (C=O) groups excluding carboxylic acids is 1. The number of hydrogen-bond acceptors (Lipinski definition) is 3. The Morgan fingerprint density at radius 3 is 2.73 bits per heavy atom. The first-order valence-corrected chi connectivity index (χ1v) is 7.11. The maximum absolute atomic E-state index is 11.0. The maximum Gasteiger partial charge on any atom is 0.221 e. The summed E-state index contributed by atoms with van der Waals surface area (Å²) in [6, 6.07) is 10.8. The van der Waals surface area contributed by atoms with Crippen molar-refractivity contribution in [3.8, 4) is 5.75 Å². The van der Waals surface area contributed by atoms with E-state index in [-0.39, 0.29) is 5.91 Å². The molecule has 3 rings (SSSR count). The summed E-state index contributed by atoms with van der Waals surface area (Å²) in [5.41, 5.74) is 2.37. The zero-order valence-corrected chi connectivity index (χ0v) is 12.7. The number of fused-ring (bicyclic) bond motifs is 1. The van der Waals surface area contributed by atoms with Gasteiger partial charge >= 0.3 is 0 Å². The molecule has 0 saturated carbocycles. The monoisotopic (exact) mass is 315 g/mol. The second kappa shape index (κ2) is 6.07. The normalized spacial score (nSPS) is 10.6. The molecule has 1 amide bonds. The number of carbonyl (C=O) groups is 1. The molecule has 0 atom stereocenters. The average molecular weight is 316 g/mol. The molecule has 1 N–H and O–H groups in total. The number of halogens is 1. The van der Waals surface area contributed by atoms with E-state index in [4.69, 9.17) is 16.3 Å². The maximum atomic E-state index is 11.0. The van der Waals surface area contributed by atoms with Gasteiger partial charge in [0.2, 0.25) is 5.91 Å². The van der Waals surface area contributed by atoms with Crippen LogP contribution < -0.4 is 10.1 Å². The van der Waals surface area contributed by atoms with Crippen LogP contribution in [0.5, 0.6) is 5.75 Å². The first-order valence-electron chi connectivity index (χ1n) is 6.74. The van der Waals surface area contributed by atoms with Gasteiger partial charge in [0.25, 0.3) is 0 Å². The van der Waals surface area contributed by atoms with Crippen LogP contribution in [0.25, 0.3) is 5.65 Å². The van der Waals surface area contributed by atoms with E-state index < -0.39 is 0 Å². The van der Waals surface area contributed by atoms with E-state index in [0.717, 1.165) is 17.0 Å². The Kier molecular flexibility index (Phi) is 3.98. The highest BCUT2D eigenvalue weighted by molar-refractivity contribution is 6.30. The standard InChI is InChI=1S/C16H14ClN3O2/c1-11(21)18-13-3-5-15(6-4-13)22-10-14-9-20-8-12(17)2-7-16(20)19-14/h2-9H,10H2,1H3,(H,18,21). The van der Waals surface area contributed by atoms with Gasteiger partial charge in [-0.3, -0.25) is 4.79 Å². The van der Waals surface area contributed by atoms with Crippen molar-refractivity contribution in [3.63, 3.8) is 0 Å². The van der Waals surface area contributed by atoms with Crippen molar-refractivity contribution in [2.24, 2.45) is 0 Å². The van der Waals surface area contributed by atoms with Gasteiger partial charge < -0.3 is 14.5 Å². The van der Waals surface area contributed by atoms with E-state index in [0.29, 0.717) is 17.4 Å². The SMILES string of the molecule is CC(=O)Nc1ccc(OCc2cn3cc(Cl)ccc3n2)cc1. The van der Waals surface area contributed by atoms with E-state index in [1.54, 1.807) is 36.5 Å². The van der Waals surface area contributed by atoms with E-state index >= 15 is 0 Å². The lowest BCUT2D eigenvalue weighted by atomic mass is 10.3. The third kappa shape index (κ3) is 3.38. The van der Waals surface area contributed by atoms with Crippen molar-refractivity contribution in [1.82, 2.24) is 9.38 Å². The molecule has 0 aliphatic rings. The van der Waals surface area contributed by atoms with Crippen molar-refractivity contribution in [2.45, 2.75) is 13.5 Å². The average Bonchev–Trinajstić information content (AvgIpc) is 2.88. The fourth-order valence-corrected chi connectivity index (χ4v) is 2.25. The minimum absolute atomic E-state index is 0.1000. The van der Waals surface area contributed by atoms with Crippen LogP contribution >= 0.6 is 11.6 Å². The topological polar surface area (TPSA) is 55.6 Å². The number of anilines is 1. The minimum atomic E-state index is -0.1000. The number of nitrogens with zero attached hydrogens (tertiary/aromatic N) is 2. The molecule has 2 heterocycles. The summed E-state index contributed by atoms with van der Waals surface area (Å²) in [7, 11) is 0. The van der Waals surface area contributed by atoms with Crippen LogP contribution in [0.4, 0.5) is 5.69 Å². The third-order valence-corrected chi connectivity index (χ3v) is 3.25. The highest BCUT2D eigenvalue weighted by Gasteiger charge is 2.03. The summed E-state index contributed by atoms with van der Waals surface area (Å²) in [4.78, 5) is 15.4. The molecule has 0 aliphatic carbocycles. The van der Waals surface area contributed by atoms with Crippen LogP contribution in [0.3, 0.4) is 0 Å². The summed E-state index contributed by atoms with van der Waals surface area (Å²) in [6.07, 6.45) is 3.68. The van der Waals surface area contributed by atoms with Crippen molar-refractivity contribution in [1.29, 1.82) is 0 Å². The molecule has 0 bridgehead atoms. The molecule has 6 heteroatoms. The summed E-state index contributed by atoms with van der Waals surface area (Å²) < 4.78 is 7.55. The molecule has 2 aromatic heterocycles. The Morgan fingerprint density at radius 2 is 2.00 bits per heavy atom. The number of imidazole rings is 1. The summed E-state index contributed by atoms with van der Waals surface area (Å²) in [5.74, 6) is 0.612. The van der Waals surface area contributed by atoms with Gasteiger partial charge in [-0.15, -0.1) is 0 Å². The fourth-order valence-electron chi connectivity index (χ4n) is 2.08. The number of hydrogen-bond donors (Lipinski definition) is 1. The highest BCUT2D eigenvalue weighted by atomic mass is 35.5. The minimum Gasteiger partial charge on any atom is -0.487 e. The predicted molar refractivity (Wildman–Crippen MR) is 85.3 cm³/mol. The molecule has 1 aromatic carbocycles. The molecular formula is C16H14ClN3O2. The van der Waals surface area contributed by atoms with Crippen LogP contribution in [-0.2, 0) is 11.4 Å². The number of ether oxygens (including phenoxy) is 1. The number of amides is 1. The smallest absolute Gasteiger partial charge is 0.221 e. The molecule has 0 saturated heterocycles. The van der Waals surface area contributed by atoms with Gasteiger partial charge in [-0.2, -0.15) is 0 Å². The van der Waals surface area contributed by atoms with Gasteiger partial charge in [0.05, 0.1) is 10.7 Å². The zero-order valence-electron chi connectivity index (χ0n) is 11.9. The van der Waals surface area contributed by atoms with Crippen molar-refractivity contribution in [3.05, 3.63) is 59.5 Å². The number of rotatable bonds is 4. The molecule has 112 valence electrons. The second-order valence-electron chi connectivity index (χ2n) is 4.84. The zero-order chi connectivity index (χ0) is 15.5. The quantitative estimate of drug-likeness (QED) is 0.801. The van der Waals surface area contributed by atoms with Gasteiger partial charge in [-0.05, 0) is 36.4 Å². The van der Waals surface area contributed by atoms with E-state index in [1.807, 2.05) is 16.7 Å². The fraction of sp³-hybridized carbons (Fsp3) is 0.125. The molecule has 3 aromatic rings. The van der Waals surface area contributed by atoms with Gasteiger partial charge in [0.1, 0.15) is 18.0 Å². The second-order valence-corrected chi connectivity index (χ2v) is 5.28. The predicted octanol–water partition coefficient (Wildman–Crippen LogP) is 3.53. The number of nitrogens with one attached hydrogen (secondary N) is 1. The van der Waals surface area contributed by atoms with E-state index in [9.17, 15) is 4.79 Å². The Bertz CT molecular complexity index is 812. The van der Waals surface area contributed by atoms with Crippen LogP contribution in [0.2, 0.25) is 5.02 Å². The Labute approximate surface area is 132 Å². The first kappa shape index (κ1) is 14.4. The lowest BCUT2D eigenvalue weighted by molar-refractivity contribution is -0.114. The highest BCUT2D eigenvalue weighted by Crippen LogP contribution is 2.17. The van der Waals surface area contributed by atoms with E-state index in [2.05, 4.69) is 10.3 Å².